The maximum atomic E-state index is 11.7. The lowest BCUT2D eigenvalue weighted by atomic mass is 10.3. The lowest BCUT2D eigenvalue weighted by Crippen LogP contribution is -2.38. The minimum absolute atomic E-state index is 0.271. The van der Waals surface area contributed by atoms with Gasteiger partial charge in [-0.05, 0) is 44.0 Å². The van der Waals surface area contributed by atoms with Crippen molar-refractivity contribution in [2.45, 2.75) is 6.23 Å². The Labute approximate surface area is 120 Å². The Hall–Kier alpha value is -1.34. The van der Waals surface area contributed by atoms with E-state index in [4.69, 9.17) is 4.74 Å². The highest BCUT2D eigenvalue weighted by atomic mass is 79.9. The van der Waals surface area contributed by atoms with Crippen molar-refractivity contribution in [1.82, 2.24) is 5.32 Å². The SMILES string of the molecule is O=C(Nc1ccccc1)N[C@H]1OC(=O)C(Br)=C1Br. The molecule has 2 amide bonds. The highest BCUT2D eigenvalue weighted by molar-refractivity contribution is 9.14. The number of nitrogens with one attached hydrogen (secondary N) is 2. The molecule has 1 aromatic carbocycles. The highest BCUT2D eigenvalue weighted by Crippen LogP contribution is 2.30. The van der Waals surface area contributed by atoms with Crippen molar-refractivity contribution in [2.75, 3.05) is 5.32 Å². The fraction of sp³-hybridized carbons (Fsp3) is 0.0909. The van der Waals surface area contributed by atoms with Crippen LogP contribution in [0.4, 0.5) is 10.5 Å². The topological polar surface area (TPSA) is 67.4 Å². The second kappa shape index (κ2) is 5.53. The van der Waals surface area contributed by atoms with Crippen molar-refractivity contribution >= 4 is 49.5 Å². The molecule has 7 heteroatoms. The average Bonchev–Trinajstić information content (AvgIpc) is 2.58. The predicted octanol–water partition coefficient (Wildman–Crippen LogP) is 2.69. The Kier molecular flexibility index (Phi) is 4.03. The van der Waals surface area contributed by atoms with Crippen LogP contribution in [0.5, 0.6) is 0 Å². The van der Waals surface area contributed by atoms with Gasteiger partial charge in [0.05, 0.1) is 4.48 Å². The number of carbonyl (C=O) groups excluding carboxylic acids is 2. The summed E-state index contributed by atoms with van der Waals surface area (Å²) in [4.78, 5) is 22.9. The number of hydrogen-bond acceptors (Lipinski definition) is 3. The zero-order valence-corrected chi connectivity index (χ0v) is 12.1. The summed E-state index contributed by atoms with van der Waals surface area (Å²) in [5.74, 6) is -0.521. The van der Waals surface area contributed by atoms with Gasteiger partial charge in [-0.1, -0.05) is 18.2 Å². The van der Waals surface area contributed by atoms with Crippen LogP contribution in [-0.4, -0.2) is 18.2 Å². The number of hydrogen-bond donors (Lipinski definition) is 2. The van der Waals surface area contributed by atoms with E-state index in [-0.39, 0.29) is 4.48 Å². The molecule has 2 N–H and O–H groups in total. The van der Waals surface area contributed by atoms with Gasteiger partial charge in [0, 0.05) is 5.69 Å². The molecular weight excluding hydrogens is 368 g/mol. The van der Waals surface area contributed by atoms with E-state index < -0.39 is 18.2 Å². The van der Waals surface area contributed by atoms with Gasteiger partial charge in [0.25, 0.3) is 0 Å². The van der Waals surface area contributed by atoms with Crippen LogP contribution in [-0.2, 0) is 9.53 Å². The third kappa shape index (κ3) is 2.91. The van der Waals surface area contributed by atoms with Gasteiger partial charge in [-0.3, -0.25) is 5.32 Å². The fourth-order valence-corrected chi connectivity index (χ4v) is 1.99. The summed E-state index contributed by atoms with van der Waals surface area (Å²) >= 11 is 6.22. The summed E-state index contributed by atoms with van der Waals surface area (Å²) in [5, 5.41) is 5.13. The zero-order chi connectivity index (χ0) is 13.1. The minimum atomic E-state index is -0.810. The minimum Gasteiger partial charge on any atom is -0.433 e. The second-order valence-corrected chi connectivity index (χ2v) is 5.06. The molecule has 0 spiro atoms. The van der Waals surface area contributed by atoms with E-state index in [1.807, 2.05) is 6.07 Å². The number of para-hydroxylation sites is 1. The number of esters is 1. The number of halogens is 2. The molecule has 0 fully saturated rings. The molecule has 1 heterocycles. The van der Waals surface area contributed by atoms with E-state index in [0.717, 1.165) is 0 Å². The molecule has 0 saturated carbocycles. The van der Waals surface area contributed by atoms with Crippen LogP contribution >= 0.6 is 31.9 Å². The molecule has 2 rings (SSSR count). The van der Waals surface area contributed by atoms with Crippen LogP contribution in [0, 0.1) is 0 Å². The van der Waals surface area contributed by atoms with E-state index in [0.29, 0.717) is 10.2 Å². The number of benzene rings is 1. The largest absolute Gasteiger partial charge is 0.433 e. The lowest BCUT2D eigenvalue weighted by molar-refractivity contribution is -0.139. The number of cyclic esters (lactones) is 1. The number of ether oxygens (including phenoxy) is 1. The summed E-state index contributed by atoms with van der Waals surface area (Å²) in [6.45, 7) is 0. The van der Waals surface area contributed by atoms with Crippen LogP contribution < -0.4 is 10.6 Å². The Morgan fingerprint density at radius 1 is 1.22 bits per heavy atom. The summed E-state index contributed by atoms with van der Waals surface area (Å²) < 4.78 is 5.64. The summed E-state index contributed by atoms with van der Waals surface area (Å²) in [5.41, 5.74) is 0.651. The van der Waals surface area contributed by atoms with E-state index in [2.05, 4.69) is 42.5 Å². The first kappa shape index (κ1) is 13.1. The highest BCUT2D eigenvalue weighted by Gasteiger charge is 2.32. The van der Waals surface area contributed by atoms with Crippen LogP contribution in [0.1, 0.15) is 0 Å². The second-order valence-electron chi connectivity index (χ2n) is 3.41. The Bertz CT molecular complexity index is 516. The van der Waals surface area contributed by atoms with Crippen molar-refractivity contribution in [3.8, 4) is 0 Å². The van der Waals surface area contributed by atoms with Crippen LogP contribution in [0.2, 0.25) is 0 Å². The van der Waals surface area contributed by atoms with Gasteiger partial charge in [-0.25, -0.2) is 9.59 Å². The van der Waals surface area contributed by atoms with Gasteiger partial charge in [-0.15, -0.1) is 0 Å². The van der Waals surface area contributed by atoms with Crippen LogP contribution in [0.3, 0.4) is 0 Å². The number of urea groups is 1. The van der Waals surface area contributed by atoms with E-state index in [1.165, 1.54) is 0 Å². The molecule has 94 valence electrons. The fourth-order valence-electron chi connectivity index (χ4n) is 1.32. The van der Waals surface area contributed by atoms with Gasteiger partial charge >= 0.3 is 12.0 Å². The number of anilines is 1. The molecule has 5 nitrogen and oxygen atoms in total. The maximum absolute atomic E-state index is 11.7. The molecule has 18 heavy (non-hydrogen) atoms. The van der Waals surface area contributed by atoms with Crippen molar-refractivity contribution in [1.29, 1.82) is 0 Å². The normalized spacial score (nSPS) is 18.6. The molecule has 1 atom stereocenters. The monoisotopic (exact) mass is 374 g/mol. The Balaban J connectivity index is 1.96. The van der Waals surface area contributed by atoms with Crippen molar-refractivity contribution in [3.05, 3.63) is 39.3 Å². The van der Waals surface area contributed by atoms with Gasteiger partial charge in [0.1, 0.15) is 4.48 Å². The lowest BCUT2D eigenvalue weighted by Gasteiger charge is -2.13. The standard InChI is InChI=1S/C11H8Br2N2O3/c12-7-8(13)10(16)18-9(7)15-11(17)14-6-4-2-1-3-5-6/h1-5,9H,(H2,14,15,17)/t9-/m0/s1. The van der Waals surface area contributed by atoms with Crippen LogP contribution in [0.15, 0.2) is 39.3 Å². The van der Waals surface area contributed by atoms with Gasteiger partial charge in [0.2, 0.25) is 6.23 Å². The van der Waals surface area contributed by atoms with Gasteiger partial charge in [0.15, 0.2) is 0 Å². The molecule has 1 aliphatic rings. The molecule has 0 aliphatic carbocycles. The molecule has 0 aromatic heterocycles. The molecule has 0 radical (unpaired) electrons. The van der Waals surface area contributed by atoms with E-state index >= 15 is 0 Å². The molecular formula is C11H8Br2N2O3. The number of amides is 2. The Morgan fingerprint density at radius 2 is 1.89 bits per heavy atom. The third-order valence-electron chi connectivity index (χ3n) is 2.14. The molecule has 0 bridgehead atoms. The predicted molar refractivity (Wildman–Crippen MR) is 73.4 cm³/mol. The van der Waals surface area contributed by atoms with Gasteiger partial charge < -0.3 is 10.1 Å². The van der Waals surface area contributed by atoms with E-state index in [1.54, 1.807) is 24.3 Å². The maximum Gasteiger partial charge on any atom is 0.348 e. The summed E-state index contributed by atoms with van der Waals surface area (Å²) in [7, 11) is 0. The first-order valence-electron chi connectivity index (χ1n) is 4.96. The average molecular weight is 376 g/mol. The smallest absolute Gasteiger partial charge is 0.348 e. The van der Waals surface area contributed by atoms with Crippen molar-refractivity contribution < 1.29 is 14.3 Å². The first-order valence-corrected chi connectivity index (χ1v) is 6.55. The molecule has 1 aliphatic heterocycles. The molecule has 1 aromatic rings. The van der Waals surface area contributed by atoms with Gasteiger partial charge in [-0.2, -0.15) is 0 Å². The Morgan fingerprint density at radius 3 is 2.44 bits per heavy atom. The van der Waals surface area contributed by atoms with Crippen molar-refractivity contribution in [2.24, 2.45) is 0 Å². The quantitative estimate of drug-likeness (QED) is 0.781. The summed E-state index contributed by atoms with van der Waals surface area (Å²) in [6, 6.07) is 8.49. The zero-order valence-electron chi connectivity index (χ0n) is 8.94. The third-order valence-corrected chi connectivity index (χ3v) is 4.23. The molecule has 0 saturated heterocycles. The van der Waals surface area contributed by atoms with E-state index in [9.17, 15) is 9.59 Å². The first-order chi connectivity index (χ1) is 8.58. The number of rotatable bonds is 2. The van der Waals surface area contributed by atoms with Crippen molar-refractivity contribution in [3.63, 3.8) is 0 Å². The number of carbonyl (C=O) groups is 2. The molecule has 0 unspecified atom stereocenters. The van der Waals surface area contributed by atoms with Crippen LogP contribution in [0.25, 0.3) is 0 Å². The summed E-state index contributed by atoms with van der Waals surface area (Å²) in [6.07, 6.45) is -0.810.